The number of rotatable bonds is 5. The Kier molecular flexibility index (Phi) is 6.56. The molecule has 1 aliphatic heterocycles. The monoisotopic (exact) mass is 428 g/mol. The lowest BCUT2D eigenvalue weighted by atomic mass is 9.90. The van der Waals surface area contributed by atoms with Crippen LogP contribution in [0.15, 0.2) is 12.1 Å². The van der Waals surface area contributed by atoms with Crippen molar-refractivity contribution < 1.29 is 9.53 Å². The summed E-state index contributed by atoms with van der Waals surface area (Å²) in [6, 6.07) is 4.14. The van der Waals surface area contributed by atoms with Crippen LogP contribution >= 0.6 is 11.3 Å². The Hall–Kier alpha value is -2.15. The number of carbonyl (C=O) groups is 1. The molecule has 1 aromatic heterocycles. The van der Waals surface area contributed by atoms with Crippen LogP contribution in [0.4, 0.5) is 5.13 Å². The van der Waals surface area contributed by atoms with E-state index in [0.717, 1.165) is 35.1 Å². The number of amides is 1. The number of aryl methyl sites for hydroxylation is 2. The van der Waals surface area contributed by atoms with Gasteiger partial charge in [0.1, 0.15) is 10.8 Å². The van der Waals surface area contributed by atoms with Gasteiger partial charge in [-0.15, -0.1) is 10.2 Å². The molecule has 30 heavy (non-hydrogen) atoms. The molecule has 0 atom stereocenters. The number of benzene rings is 1. The smallest absolute Gasteiger partial charge is 0.260 e. The highest BCUT2D eigenvalue weighted by Gasteiger charge is 2.25. The quantitative estimate of drug-likeness (QED) is 0.713. The first kappa shape index (κ1) is 21.1. The zero-order valence-corrected chi connectivity index (χ0v) is 19.1. The average Bonchev–Trinajstić information content (AvgIpc) is 3.26. The first-order chi connectivity index (χ1) is 14.5. The fourth-order valence-electron chi connectivity index (χ4n) is 4.40. The fraction of sp³-hybridized carbons (Fsp3) is 0.609. The number of nitrogens with zero attached hydrogens (tertiary/aromatic N) is 4. The van der Waals surface area contributed by atoms with E-state index < -0.39 is 0 Å². The maximum Gasteiger partial charge on any atom is 0.260 e. The molecule has 0 spiro atoms. The van der Waals surface area contributed by atoms with Gasteiger partial charge in [-0.1, -0.05) is 36.7 Å². The van der Waals surface area contributed by atoms with Crippen molar-refractivity contribution in [3.63, 3.8) is 0 Å². The molecule has 4 rings (SSSR count). The standard InChI is InChI=1S/C23H32N4O2S/c1-16-13-17(2)18(3)20(14-16)29-15-21(28)26-9-11-27(12-10-26)23-25-24-22(30-23)19-7-5-4-6-8-19/h13-14,19H,4-12,15H2,1-3H3. The summed E-state index contributed by atoms with van der Waals surface area (Å²) in [4.78, 5) is 16.8. The molecule has 1 aromatic carbocycles. The Labute approximate surface area is 183 Å². The average molecular weight is 429 g/mol. The van der Waals surface area contributed by atoms with Crippen LogP contribution in [0.5, 0.6) is 5.75 Å². The predicted octanol–water partition coefficient (Wildman–Crippen LogP) is 4.24. The van der Waals surface area contributed by atoms with E-state index in [0.29, 0.717) is 19.0 Å². The maximum atomic E-state index is 12.7. The van der Waals surface area contributed by atoms with Crippen LogP contribution in [0, 0.1) is 20.8 Å². The van der Waals surface area contributed by atoms with Gasteiger partial charge in [-0.05, 0) is 56.4 Å². The van der Waals surface area contributed by atoms with E-state index in [1.54, 1.807) is 11.3 Å². The van der Waals surface area contributed by atoms with Gasteiger partial charge in [0.2, 0.25) is 5.13 Å². The minimum Gasteiger partial charge on any atom is -0.483 e. The van der Waals surface area contributed by atoms with E-state index in [-0.39, 0.29) is 12.5 Å². The van der Waals surface area contributed by atoms with Gasteiger partial charge in [0.05, 0.1) is 0 Å². The summed E-state index contributed by atoms with van der Waals surface area (Å²) < 4.78 is 5.87. The van der Waals surface area contributed by atoms with E-state index in [2.05, 4.69) is 28.1 Å². The number of carbonyl (C=O) groups excluding carboxylic acids is 1. The molecule has 1 saturated heterocycles. The summed E-state index contributed by atoms with van der Waals surface area (Å²) in [7, 11) is 0. The first-order valence-corrected chi connectivity index (χ1v) is 11.9. The molecular formula is C23H32N4O2S. The minimum absolute atomic E-state index is 0.0494. The van der Waals surface area contributed by atoms with Gasteiger partial charge in [-0.3, -0.25) is 4.79 Å². The van der Waals surface area contributed by atoms with E-state index in [9.17, 15) is 4.79 Å². The van der Waals surface area contributed by atoms with Crippen molar-refractivity contribution in [2.24, 2.45) is 0 Å². The zero-order valence-electron chi connectivity index (χ0n) is 18.3. The van der Waals surface area contributed by atoms with Gasteiger partial charge >= 0.3 is 0 Å². The molecule has 0 radical (unpaired) electrons. The third-order valence-corrected chi connectivity index (χ3v) is 7.55. The second kappa shape index (κ2) is 9.33. The summed E-state index contributed by atoms with van der Waals surface area (Å²) in [6.07, 6.45) is 6.47. The van der Waals surface area contributed by atoms with E-state index in [1.165, 1.54) is 42.7 Å². The van der Waals surface area contributed by atoms with Gasteiger partial charge in [-0.25, -0.2) is 0 Å². The number of anilines is 1. The summed E-state index contributed by atoms with van der Waals surface area (Å²) in [5, 5.41) is 11.1. The van der Waals surface area contributed by atoms with E-state index in [1.807, 2.05) is 24.8 Å². The van der Waals surface area contributed by atoms with Crippen molar-refractivity contribution >= 4 is 22.4 Å². The molecule has 162 valence electrons. The number of hydrogen-bond acceptors (Lipinski definition) is 6. The lowest BCUT2D eigenvalue weighted by Gasteiger charge is -2.34. The van der Waals surface area contributed by atoms with Crippen LogP contribution in [0.1, 0.15) is 59.7 Å². The number of piperazine rings is 1. The molecule has 1 aliphatic carbocycles. The summed E-state index contributed by atoms with van der Waals surface area (Å²) in [6.45, 7) is 9.25. The molecule has 2 heterocycles. The van der Waals surface area contributed by atoms with Crippen molar-refractivity contribution in [2.45, 2.75) is 58.8 Å². The van der Waals surface area contributed by atoms with Crippen molar-refractivity contribution in [1.29, 1.82) is 0 Å². The van der Waals surface area contributed by atoms with Gasteiger partial charge < -0.3 is 14.5 Å². The summed E-state index contributed by atoms with van der Waals surface area (Å²) >= 11 is 1.74. The second-order valence-electron chi connectivity index (χ2n) is 8.62. The summed E-state index contributed by atoms with van der Waals surface area (Å²) in [5.74, 6) is 1.45. The highest BCUT2D eigenvalue weighted by molar-refractivity contribution is 7.15. The largest absolute Gasteiger partial charge is 0.483 e. The SMILES string of the molecule is Cc1cc(C)c(C)c(OCC(=O)N2CCN(c3nnc(C4CCCCC4)s3)CC2)c1. The predicted molar refractivity (Wildman–Crippen MR) is 121 cm³/mol. The molecule has 1 amide bonds. The Morgan fingerprint density at radius 3 is 2.53 bits per heavy atom. The lowest BCUT2D eigenvalue weighted by Crippen LogP contribution is -2.50. The molecule has 1 saturated carbocycles. The van der Waals surface area contributed by atoms with Crippen LogP contribution in [0.25, 0.3) is 0 Å². The third kappa shape index (κ3) is 4.77. The number of hydrogen-bond donors (Lipinski definition) is 0. The molecule has 2 aromatic rings. The van der Waals surface area contributed by atoms with Crippen LogP contribution < -0.4 is 9.64 Å². The highest BCUT2D eigenvalue weighted by atomic mass is 32.1. The Morgan fingerprint density at radius 2 is 1.80 bits per heavy atom. The Morgan fingerprint density at radius 1 is 1.07 bits per heavy atom. The van der Waals surface area contributed by atoms with E-state index >= 15 is 0 Å². The van der Waals surface area contributed by atoms with Crippen LogP contribution in [0.3, 0.4) is 0 Å². The van der Waals surface area contributed by atoms with Crippen LogP contribution in [-0.4, -0.2) is 53.8 Å². The molecule has 2 fully saturated rings. The van der Waals surface area contributed by atoms with Gasteiger partial charge in [0, 0.05) is 32.1 Å². The number of aromatic nitrogens is 2. The van der Waals surface area contributed by atoms with Crippen molar-refractivity contribution in [1.82, 2.24) is 15.1 Å². The van der Waals surface area contributed by atoms with Crippen molar-refractivity contribution in [3.05, 3.63) is 33.8 Å². The van der Waals surface area contributed by atoms with Gasteiger partial charge in [0.25, 0.3) is 5.91 Å². The third-order valence-electron chi connectivity index (χ3n) is 6.40. The second-order valence-corrected chi connectivity index (χ2v) is 9.61. The fourth-order valence-corrected chi connectivity index (χ4v) is 5.46. The highest BCUT2D eigenvalue weighted by Crippen LogP contribution is 2.36. The summed E-state index contributed by atoms with van der Waals surface area (Å²) in [5.41, 5.74) is 3.44. The number of ether oxygens (including phenoxy) is 1. The molecule has 0 bridgehead atoms. The van der Waals surface area contributed by atoms with Crippen LogP contribution in [0.2, 0.25) is 0 Å². The Bertz CT molecular complexity index is 883. The molecule has 0 N–H and O–H groups in total. The van der Waals surface area contributed by atoms with Gasteiger partial charge in [-0.2, -0.15) is 0 Å². The molecular weight excluding hydrogens is 396 g/mol. The molecule has 2 aliphatic rings. The van der Waals surface area contributed by atoms with Crippen LogP contribution in [-0.2, 0) is 4.79 Å². The lowest BCUT2D eigenvalue weighted by molar-refractivity contribution is -0.133. The molecule has 6 nitrogen and oxygen atoms in total. The maximum absolute atomic E-state index is 12.7. The first-order valence-electron chi connectivity index (χ1n) is 11.1. The van der Waals surface area contributed by atoms with Crippen molar-refractivity contribution in [3.8, 4) is 5.75 Å². The van der Waals surface area contributed by atoms with E-state index in [4.69, 9.17) is 4.74 Å². The topological polar surface area (TPSA) is 58.6 Å². The molecule has 7 heteroatoms. The van der Waals surface area contributed by atoms with Gasteiger partial charge in [0.15, 0.2) is 6.61 Å². The minimum atomic E-state index is 0.0494. The Balaban J connectivity index is 1.28. The normalized spacial score (nSPS) is 18.0. The molecule has 0 unspecified atom stereocenters. The zero-order chi connectivity index (χ0) is 21.1. The van der Waals surface area contributed by atoms with Crippen molar-refractivity contribution in [2.75, 3.05) is 37.7 Å².